The molecule has 7 aromatic rings. The van der Waals surface area contributed by atoms with Gasteiger partial charge in [-0.25, -0.2) is 0 Å². The third-order valence-corrected chi connectivity index (χ3v) is 10.2. The van der Waals surface area contributed by atoms with Gasteiger partial charge in [-0.3, -0.25) is 0 Å². The van der Waals surface area contributed by atoms with Gasteiger partial charge in [-0.1, -0.05) is 107 Å². The van der Waals surface area contributed by atoms with Gasteiger partial charge in [0, 0.05) is 0 Å². The smallest absolute Gasteiger partial charge is 0.473 e. The normalized spacial score (nSPS) is 15.8. The molecule has 0 amide bonds. The van der Waals surface area contributed by atoms with E-state index in [1.165, 1.54) is 27.5 Å². The average molecular weight is 579 g/mol. The quantitative estimate of drug-likeness (QED) is 0.221. The first-order chi connectivity index (χ1) is 22.0. The highest BCUT2D eigenvalue weighted by atomic mass is 16.5. The van der Waals surface area contributed by atoms with Crippen molar-refractivity contribution >= 4 is 67.8 Å². The number of rotatable bonds is 1. The number of aryl methyl sites for hydroxylation is 3. The minimum atomic E-state index is -0.356. The van der Waals surface area contributed by atoms with Crippen LogP contribution in [0, 0.1) is 26.5 Å². The second-order valence-corrected chi connectivity index (χ2v) is 12.9. The highest BCUT2D eigenvalue weighted by molar-refractivity contribution is 6.98. The van der Waals surface area contributed by atoms with Crippen LogP contribution in [0.5, 0.6) is 5.75 Å². The third kappa shape index (κ3) is 3.22. The number of aromatic nitrogens is 2. The molecule has 212 valence electrons. The largest absolute Gasteiger partial charge is 0.509 e. The van der Waals surface area contributed by atoms with Gasteiger partial charge in [0.1, 0.15) is 11.2 Å². The Balaban J connectivity index is 1.46. The zero-order valence-electron chi connectivity index (χ0n) is 25.3. The van der Waals surface area contributed by atoms with Crippen molar-refractivity contribution in [3.63, 3.8) is 0 Å². The molecule has 0 saturated carbocycles. The lowest BCUT2D eigenvalue weighted by molar-refractivity contribution is -0.519. The summed E-state index contributed by atoms with van der Waals surface area (Å²) >= 11 is 0. The lowest BCUT2D eigenvalue weighted by Gasteiger charge is -2.29. The van der Waals surface area contributed by atoms with E-state index in [4.69, 9.17) is 4.74 Å². The highest BCUT2D eigenvalue weighted by Gasteiger charge is 2.41. The fourth-order valence-corrected chi connectivity index (χ4v) is 8.43. The van der Waals surface area contributed by atoms with Crippen molar-refractivity contribution in [2.75, 3.05) is 0 Å². The molecule has 0 bridgehead atoms. The Kier molecular flexibility index (Phi) is 4.77. The predicted molar refractivity (Wildman–Crippen MR) is 183 cm³/mol. The Hall–Kier alpha value is -5.42. The van der Waals surface area contributed by atoms with Gasteiger partial charge in [0.2, 0.25) is 0 Å². The molecule has 0 radical (unpaired) electrons. The monoisotopic (exact) mass is 579 g/mol. The molecule has 4 nitrogen and oxygen atoms in total. The molecule has 0 N–H and O–H groups in total. The van der Waals surface area contributed by atoms with Crippen LogP contribution < -0.4 is 41.5 Å². The lowest BCUT2D eigenvalue weighted by atomic mass is 9.34. The Bertz CT molecular complexity index is 2740. The van der Waals surface area contributed by atoms with E-state index in [2.05, 4.69) is 112 Å². The van der Waals surface area contributed by atoms with Crippen molar-refractivity contribution in [2.24, 2.45) is 0 Å². The zero-order chi connectivity index (χ0) is 30.1. The fraction of sp³-hybridized carbons (Fsp3) is 0.100. The van der Waals surface area contributed by atoms with Crippen LogP contribution in [0.4, 0.5) is 0 Å². The average Bonchev–Trinajstić information content (AvgIpc) is 3.04. The van der Waals surface area contributed by atoms with Crippen molar-refractivity contribution in [2.45, 2.75) is 26.9 Å². The Morgan fingerprint density at radius 1 is 0.756 bits per heavy atom. The molecule has 1 unspecified atom stereocenters. The summed E-state index contributed by atoms with van der Waals surface area (Å²) in [5.41, 5.74) is 11.0. The van der Waals surface area contributed by atoms with E-state index < -0.39 is 0 Å². The first kappa shape index (κ1) is 25.0. The van der Waals surface area contributed by atoms with E-state index >= 15 is 4.79 Å². The molecule has 3 aliphatic rings. The summed E-state index contributed by atoms with van der Waals surface area (Å²) in [4.78, 5) is 15.2. The lowest BCUT2D eigenvalue weighted by Crippen LogP contribution is -2.61. The van der Waals surface area contributed by atoms with Crippen LogP contribution in [0.1, 0.15) is 16.7 Å². The van der Waals surface area contributed by atoms with Gasteiger partial charge in [-0.2, -0.15) is 13.6 Å². The van der Waals surface area contributed by atoms with Gasteiger partial charge in [0.25, 0.3) is 6.71 Å². The maximum absolute atomic E-state index is 15.2. The summed E-state index contributed by atoms with van der Waals surface area (Å²) in [6.07, 6.45) is 3.90. The molecule has 2 aliphatic heterocycles. The highest BCUT2D eigenvalue weighted by Crippen LogP contribution is 2.35. The number of ether oxygens (including phenoxy) is 1. The molecule has 0 saturated heterocycles. The van der Waals surface area contributed by atoms with Gasteiger partial charge in [0.15, 0.2) is 23.1 Å². The minimum absolute atomic E-state index is 0.0255. The molecule has 1 aliphatic carbocycles. The maximum atomic E-state index is 15.2. The summed E-state index contributed by atoms with van der Waals surface area (Å²) in [5, 5.41) is 6.66. The maximum Gasteiger partial charge on any atom is 0.509 e. The van der Waals surface area contributed by atoms with Gasteiger partial charge in [-0.15, -0.1) is 0 Å². The Morgan fingerprint density at radius 3 is 2.27 bits per heavy atom. The minimum Gasteiger partial charge on any atom is -0.473 e. The molecule has 0 fully saturated rings. The molecular formula is C40H28BN2O2+. The molecule has 1 aromatic heterocycles. The molecule has 6 aromatic carbocycles. The van der Waals surface area contributed by atoms with Crippen LogP contribution >= 0.6 is 0 Å². The van der Waals surface area contributed by atoms with Crippen molar-refractivity contribution in [1.82, 2.24) is 4.57 Å². The first-order valence-electron chi connectivity index (χ1n) is 15.6. The SMILES string of the molecule is Cc1cc(C)c(B2c3cc4ccccc4cc3-n3c(=O)[n+]4c5c(ccc6ccc2c3c65)OC2C=c3ccccc3=CC=42)c(C)c1. The number of fused-ring (bicyclic) bond motifs is 5. The van der Waals surface area contributed by atoms with Gasteiger partial charge < -0.3 is 4.74 Å². The van der Waals surface area contributed by atoms with E-state index in [0.717, 1.165) is 65.7 Å². The van der Waals surface area contributed by atoms with E-state index in [-0.39, 0.29) is 18.5 Å². The summed E-state index contributed by atoms with van der Waals surface area (Å²) < 4.78 is 10.6. The van der Waals surface area contributed by atoms with Crippen LogP contribution in [0.25, 0.3) is 50.4 Å². The van der Waals surface area contributed by atoms with Gasteiger partial charge >= 0.3 is 5.69 Å². The Labute approximate surface area is 259 Å². The summed E-state index contributed by atoms with van der Waals surface area (Å²) in [5.74, 6) is 0.741. The van der Waals surface area contributed by atoms with Crippen LogP contribution in [0.2, 0.25) is 0 Å². The first-order valence-corrected chi connectivity index (χ1v) is 15.6. The van der Waals surface area contributed by atoms with E-state index in [0.29, 0.717) is 0 Å². The Morgan fingerprint density at radius 2 is 1.47 bits per heavy atom. The number of benzene rings is 6. The van der Waals surface area contributed by atoms with Crippen LogP contribution in [0.3, 0.4) is 0 Å². The molecule has 1 atom stereocenters. The van der Waals surface area contributed by atoms with Crippen LogP contribution in [0.15, 0.2) is 102 Å². The third-order valence-electron chi connectivity index (χ3n) is 10.2. The number of hydrogen-bond acceptors (Lipinski definition) is 2. The van der Waals surface area contributed by atoms with Gasteiger partial charge in [-0.05, 0) is 82.6 Å². The fourth-order valence-electron chi connectivity index (χ4n) is 8.43. The molecule has 3 heterocycles. The molecule has 45 heavy (non-hydrogen) atoms. The molecule has 10 rings (SSSR count). The topological polar surface area (TPSA) is 37.1 Å². The number of nitrogens with zero attached hydrogens (tertiary/aromatic N) is 2. The predicted octanol–water partition coefficient (Wildman–Crippen LogP) is 3.47. The molecule has 0 spiro atoms. The van der Waals surface area contributed by atoms with Crippen molar-refractivity contribution in [3.05, 3.63) is 140 Å². The molecular weight excluding hydrogens is 551 g/mol. The van der Waals surface area contributed by atoms with Crippen molar-refractivity contribution in [3.8, 4) is 11.4 Å². The number of hydrogen-bond donors (Lipinski definition) is 0. The second-order valence-electron chi connectivity index (χ2n) is 12.9. The van der Waals surface area contributed by atoms with E-state index in [9.17, 15) is 0 Å². The summed E-state index contributed by atoms with van der Waals surface area (Å²) in [7, 11) is 0. The summed E-state index contributed by atoms with van der Waals surface area (Å²) in [6.45, 7) is 6.59. The van der Waals surface area contributed by atoms with Gasteiger partial charge in [0.05, 0.1) is 5.39 Å². The summed E-state index contributed by atoms with van der Waals surface area (Å²) in [6, 6.07) is 34.5. The standard InChI is InChI=1S/C40H28BN2O2/c1-22-16-23(2)37(24(3)17-22)41-30-14-12-25-13-15-34-39-36(25)38(30)42(32-19-27-9-5-4-8-26(27)18-31(32)41)40(44)43(39)33-20-28-10-6-7-11-29(28)21-35(33)45-34/h4-21,35H,1-3H3/q+1. The zero-order valence-corrected chi connectivity index (χ0v) is 25.3. The van der Waals surface area contributed by atoms with Crippen molar-refractivity contribution < 1.29 is 8.98 Å². The van der Waals surface area contributed by atoms with E-state index in [1.54, 1.807) is 0 Å². The van der Waals surface area contributed by atoms with Crippen LogP contribution in [-0.2, 0) is 0 Å². The second kappa shape index (κ2) is 8.61. The molecule has 5 heteroatoms. The van der Waals surface area contributed by atoms with Crippen LogP contribution in [-0.4, -0.2) is 17.4 Å². The van der Waals surface area contributed by atoms with E-state index in [1.807, 2.05) is 27.0 Å². The van der Waals surface area contributed by atoms with Crippen molar-refractivity contribution in [1.29, 1.82) is 0 Å².